The number of hydrogen-bond acceptors (Lipinski definition) is 4. The third-order valence-corrected chi connectivity index (χ3v) is 4.07. The summed E-state index contributed by atoms with van der Waals surface area (Å²) in [6.45, 7) is 3.29. The molecule has 3 rings (SSSR count). The van der Waals surface area contributed by atoms with E-state index in [1.165, 1.54) is 31.4 Å². The van der Waals surface area contributed by atoms with Crippen LogP contribution < -0.4 is 15.2 Å². The molecular formula is C15H22N2O2. The van der Waals surface area contributed by atoms with Crippen LogP contribution in [0.5, 0.6) is 11.5 Å². The lowest BCUT2D eigenvalue weighted by atomic mass is 9.98. The quantitative estimate of drug-likeness (QED) is 0.903. The van der Waals surface area contributed by atoms with Gasteiger partial charge in [-0.1, -0.05) is 12.5 Å². The zero-order valence-corrected chi connectivity index (χ0v) is 11.3. The summed E-state index contributed by atoms with van der Waals surface area (Å²) in [5.74, 6) is 1.74. The van der Waals surface area contributed by atoms with Crippen molar-refractivity contribution in [2.24, 2.45) is 5.73 Å². The lowest BCUT2D eigenvalue weighted by Gasteiger charge is -2.35. The van der Waals surface area contributed by atoms with Crippen LogP contribution >= 0.6 is 0 Å². The summed E-state index contributed by atoms with van der Waals surface area (Å²) in [7, 11) is 0. The minimum absolute atomic E-state index is 0.346. The summed E-state index contributed by atoms with van der Waals surface area (Å²) >= 11 is 0. The summed E-state index contributed by atoms with van der Waals surface area (Å²) < 4.78 is 10.8. The Morgan fingerprint density at radius 2 is 2.11 bits per heavy atom. The fraction of sp³-hybridized carbons (Fsp3) is 0.600. The van der Waals surface area contributed by atoms with Crippen molar-refractivity contribution in [2.45, 2.75) is 38.3 Å². The van der Waals surface area contributed by atoms with Gasteiger partial charge in [0.05, 0.1) is 0 Å². The Balaban J connectivity index is 1.69. The summed E-state index contributed by atoms with van der Waals surface area (Å²) in [5, 5.41) is 0. The molecule has 0 spiro atoms. The van der Waals surface area contributed by atoms with Crippen molar-refractivity contribution in [3.8, 4) is 11.5 Å². The van der Waals surface area contributed by atoms with E-state index in [1.807, 2.05) is 6.07 Å². The molecule has 1 unspecified atom stereocenters. The number of nitrogens with zero attached hydrogens (tertiary/aromatic N) is 1. The SMILES string of the molecule is NCCC1CCCCN1Cc1ccc2c(c1)OCO2. The maximum atomic E-state index is 5.73. The molecule has 2 aliphatic heterocycles. The van der Waals surface area contributed by atoms with E-state index in [1.54, 1.807) is 0 Å². The average molecular weight is 262 g/mol. The van der Waals surface area contributed by atoms with Gasteiger partial charge < -0.3 is 15.2 Å². The largest absolute Gasteiger partial charge is 0.454 e. The molecule has 1 fully saturated rings. The first-order chi connectivity index (χ1) is 9.36. The van der Waals surface area contributed by atoms with Crippen molar-refractivity contribution in [3.63, 3.8) is 0 Å². The zero-order chi connectivity index (χ0) is 13.1. The molecule has 0 aromatic heterocycles. The van der Waals surface area contributed by atoms with Gasteiger partial charge in [0.25, 0.3) is 0 Å². The van der Waals surface area contributed by atoms with Gasteiger partial charge in [-0.25, -0.2) is 0 Å². The third-order valence-electron chi connectivity index (χ3n) is 4.07. The molecule has 1 aromatic carbocycles. The van der Waals surface area contributed by atoms with Gasteiger partial charge in [-0.2, -0.15) is 0 Å². The minimum Gasteiger partial charge on any atom is -0.454 e. The lowest BCUT2D eigenvalue weighted by Crippen LogP contribution is -2.40. The second-order valence-electron chi connectivity index (χ2n) is 5.39. The number of nitrogens with two attached hydrogens (primary N) is 1. The van der Waals surface area contributed by atoms with Crippen LogP contribution in [0.25, 0.3) is 0 Å². The number of ether oxygens (including phenoxy) is 2. The van der Waals surface area contributed by atoms with E-state index in [2.05, 4.69) is 17.0 Å². The maximum Gasteiger partial charge on any atom is 0.231 e. The molecule has 1 atom stereocenters. The van der Waals surface area contributed by atoms with Gasteiger partial charge >= 0.3 is 0 Å². The predicted octanol–water partition coefficient (Wildman–Crippen LogP) is 2.12. The monoisotopic (exact) mass is 262 g/mol. The fourth-order valence-corrected chi connectivity index (χ4v) is 3.06. The van der Waals surface area contributed by atoms with Gasteiger partial charge in [0.2, 0.25) is 6.79 Å². The number of hydrogen-bond donors (Lipinski definition) is 1. The van der Waals surface area contributed by atoms with Crippen LogP contribution in [0.3, 0.4) is 0 Å². The zero-order valence-electron chi connectivity index (χ0n) is 11.3. The van der Waals surface area contributed by atoms with E-state index in [0.29, 0.717) is 12.8 Å². The highest BCUT2D eigenvalue weighted by molar-refractivity contribution is 5.44. The molecule has 1 aromatic rings. The molecule has 4 nitrogen and oxygen atoms in total. The first-order valence-electron chi connectivity index (χ1n) is 7.19. The molecule has 2 N–H and O–H groups in total. The van der Waals surface area contributed by atoms with E-state index in [0.717, 1.165) is 31.0 Å². The van der Waals surface area contributed by atoms with Crippen molar-refractivity contribution in [3.05, 3.63) is 23.8 Å². The van der Waals surface area contributed by atoms with Crippen LogP contribution in [0.4, 0.5) is 0 Å². The fourth-order valence-electron chi connectivity index (χ4n) is 3.06. The van der Waals surface area contributed by atoms with E-state index < -0.39 is 0 Å². The average Bonchev–Trinajstić information content (AvgIpc) is 2.89. The second kappa shape index (κ2) is 5.80. The van der Waals surface area contributed by atoms with E-state index in [-0.39, 0.29) is 0 Å². The van der Waals surface area contributed by atoms with Crippen molar-refractivity contribution in [1.82, 2.24) is 4.90 Å². The van der Waals surface area contributed by atoms with Crippen LogP contribution in [0.15, 0.2) is 18.2 Å². The topological polar surface area (TPSA) is 47.7 Å². The molecule has 19 heavy (non-hydrogen) atoms. The first-order valence-corrected chi connectivity index (χ1v) is 7.19. The summed E-state index contributed by atoms with van der Waals surface area (Å²) in [6.07, 6.45) is 5.01. The molecular weight excluding hydrogens is 240 g/mol. The molecule has 0 saturated carbocycles. The number of fused-ring (bicyclic) bond motifs is 1. The second-order valence-corrected chi connectivity index (χ2v) is 5.39. The number of piperidine rings is 1. The predicted molar refractivity (Wildman–Crippen MR) is 74.3 cm³/mol. The Bertz CT molecular complexity index is 434. The van der Waals surface area contributed by atoms with Crippen LogP contribution in [-0.4, -0.2) is 30.8 Å². The van der Waals surface area contributed by atoms with Gasteiger partial charge in [-0.05, 0) is 50.0 Å². The third kappa shape index (κ3) is 2.85. The van der Waals surface area contributed by atoms with Crippen LogP contribution in [0.2, 0.25) is 0 Å². The van der Waals surface area contributed by atoms with Crippen LogP contribution in [0, 0.1) is 0 Å². The molecule has 1 saturated heterocycles. The highest BCUT2D eigenvalue weighted by atomic mass is 16.7. The number of rotatable bonds is 4. The molecule has 2 heterocycles. The molecule has 0 amide bonds. The molecule has 0 radical (unpaired) electrons. The smallest absolute Gasteiger partial charge is 0.231 e. The first kappa shape index (κ1) is 12.8. The van der Waals surface area contributed by atoms with Gasteiger partial charge in [-0.15, -0.1) is 0 Å². The van der Waals surface area contributed by atoms with Crippen molar-refractivity contribution < 1.29 is 9.47 Å². The Morgan fingerprint density at radius 3 is 3.00 bits per heavy atom. The molecule has 104 valence electrons. The maximum absolute atomic E-state index is 5.73. The summed E-state index contributed by atoms with van der Waals surface area (Å²) in [5.41, 5.74) is 7.02. The van der Waals surface area contributed by atoms with Crippen LogP contribution in [-0.2, 0) is 6.54 Å². The van der Waals surface area contributed by atoms with Gasteiger partial charge in [0.15, 0.2) is 11.5 Å². The summed E-state index contributed by atoms with van der Waals surface area (Å²) in [6, 6.07) is 6.90. The number of benzene rings is 1. The minimum atomic E-state index is 0.346. The van der Waals surface area contributed by atoms with Gasteiger partial charge in [0.1, 0.15) is 0 Å². The molecule has 4 heteroatoms. The number of likely N-dealkylation sites (tertiary alicyclic amines) is 1. The lowest BCUT2D eigenvalue weighted by molar-refractivity contribution is 0.134. The Labute approximate surface area is 114 Å². The molecule has 2 aliphatic rings. The highest BCUT2D eigenvalue weighted by Crippen LogP contribution is 2.33. The highest BCUT2D eigenvalue weighted by Gasteiger charge is 2.22. The summed E-state index contributed by atoms with van der Waals surface area (Å²) in [4.78, 5) is 2.56. The van der Waals surface area contributed by atoms with Crippen LogP contribution in [0.1, 0.15) is 31.2 Å². The van der Waals surface area contributed by atoms with E-state index >= 15 is 0 Å². The Kier molecular flexibility index (Phi) is 3.89. The normalized spacial score (nSPS) is 22.7. The van der Waals surface area contributed by atoms with Crippen molar-refractivity contribution >= 4 is 0 Å². The Hall–Kier alpha value is -1.26. The Morgan fingerprint density at radius 1 is 1.21 bits per heavy atom. The standard InChI is InChI=1S/C15H22N2O2/c16-7-6-13-3-1-2-8-17(13)10-12-4-5-14-15(9-12)19-11-18-14/h4-5,9,13H,1-3,6-8,10-11,16H2. The molecule has 0 aliphatic carbocycles. The van der Waals surface area contributed by atoms with Gasteiger partial charge in [0, 0.05) is 12.6 Å². The van der Waals surface area contributed by atoms with Crippen molar-refractivity contribution in [1.29, 1.82) is 0 Å². The van der Waals surface area contributed by atoms with E-state index in [9.17, 15) is 0 Å². The van der Waals surface area contributed by atoms with Gasteiger partial charge in [-0.3, -0.25) is 4.90 Å². The van der Waals surface area contributed by atoms with E-state index in [4.69, 9.17) is 15.2 Å². The molecule has 0 bridgehead atoms. The van der Waals surface area contributed by atoms with Crippen molar-refractivity contribution in [2.75, 3.05) is 19.9 Å².